The van der Waals surface area contributed by atoms with Crippen molar-refractivity contribution in [3.05, 3.63) is 59.7 Å². The van der Waals surface area contributed by atoms with Crippen LogP contribution in [0.2, 0.25) is 0 Å². The summed E-state index contributed by atoms with van der Waals surface area (Å²) in [7, 11) is 2.60. The van der Waals surface area contributed by atoms with Crippen molar-refractivity contribution in [2.24, 2.45) is 22.6 Å². The van der Waals surface area contributed by atoms with E-state index >= 15 is 0 Å². The van der Waals surface area contributed by atoms with Crippen molar-refractivity contribution in [1.29, 1.82) is 0 Å². The number of aliphatic hydroxyl groups excluding tert-OH is 3. The number of carbonyl (C=O) groups excluding carboxylic acids is 1. The fourth-order valence-corrected chi connectivity index (χ4v) is 5.31. The van der Waals surface area contributed by atoms with Crippen LogP contribution in [0.25, 0.3) is 0 Å². The van der Waals surface area contributed by atoms with Crippen LogP contribution in [-0.2, 0) is 33.3 Å². The molecule has 0 aromatic carbocycles. The Morgan fingerprint density at radius 1 is 1.30 bits per heavy atom. The highest BCUT2D eigenvalue weighted by Crippen LogP contribution is 2.38. The summed E-state index contributed by atoms with van der Waals surface area (Å²) in [4.78, 5) is 29.5. The van der Waals surface area contributed by atoms with Gasteiger partial charge in [0.15, 0.2) is 18.4 Å². The van der Waals surface area contributed by atoms with Crippen LogP contribution in [0.15, 0.2) is 64.7 Å². The number of quaternary nitrogens is 1. The highest BCUT2D eigenvalue weighted by Gasteiger charge is 2.57. The minimum absolute atomic E-state index is 0.0251. The molecular formula is C29H43N4O13+. The van der Waals surface area contributed by atoms with Gasteiger partial charge in [-0.1, -0.05) is 18.2 Å². The van der Waals surface area contributed by atoms with Gasteiger partial charge in [-0.2, -0.15) is 0 Å². The van der Waals surface area contributed by atoms with Gasteiger partial charge in [0, 0.05) is 19.6 Å². The second kappa shape index (κ2) is 16.3. The van der Waals surface area contributed by atoms with Crippen molar-refractivity contribution in [3.8, 4) is 0 Å². The number of allylic oxidation sites excluding steroid dienone is 2. The van der Waals surface area contributed by atoms with Crippen molar-refractivity contribution < 1.29 is 68.8 Å². The van der Waals surface area contributed by atoms with Gasteiger partial charge in [0.05, 0.1) is 49.3 Å². The summed E-state index contributed by atoms with van der Waals surface area (Å²) in [5.41, 5.74) is 6.40. The molecule has 46 heavy (non-hydrogen) atoms. The van der Waals surface area contributed by atoms with Crippen LogP contribution in [0.1, 0.15) is 6.92 Å². The van der Waals surface area contributed by atoms with Crippen molar-refractivity contribution in [3.63, 3.8) is 0 Å². The van der Waals surface area contributed by atoms with Gasteiger partial charge < -0.3 is 70.3 Å². The van der Waals surface area contributed by atoms with Crippen molar-refractivity contribution in [2.45, 2.75) is 43.6 Å². The minimum atomic E-state index is -2.88. The number of nitrogens with two attached hydrogens (primary N) is 1. The lowest BCUT2D eigenvalue weighted by molar-refractivity contribution is -0.843. The second-order valence-electron chi connectivity index (χ2n) is 10.5. The molecule has 8 atom stereocenters. The molecule has 3 aliphatic heterocycles. The van der Waals surface area contributed by atoms with Gasteiger partial charge in [-0.3, -0.25) is 4.99 Å². The summed E-state index contributed by atoms with van der Waals surface area (Å²) in [6.45, 7) is 4.64. The third-order valence-corrected chi connectivity index (χ3v) is 7.69. The number of aliphatic carboxylic acids is 1. The maximum atomic E-state index is 12.8. The van der Waals surface area contributed by atoms with Gasteiger partial charge in [0.1, 0.15) is 37.1 Å². The van der Waals surface area contributed by atoms with E-state index in [9.17, 15) is 40.2 Å². The number of methoxy groups -OCH3 is 1. The van der Waals surface area contributed by atoms with E-state index in [1.165, 1.54) is 20.2 Å². The van der Waals surface area contributed by atoms with Crippen LogP contribution < -0.4 is 16.0 Å². The largest absolute Gasteiger partial charge is 0.478 e. The monoisotopic (exact) mass is 655 g/mol. The number of ether oxygens (including phenoxy) is 5. The average molecular weight is 656 g/mol. The lowest BCUT2D eigenvalue weighted by Gasteiger charge is -2.47. The highest BCUT2D eigenvalue weighted by atomic mass is 16.8. The molecule has 3 aliphatic rings. The minimum Gasteiger partial charge on any atom is -0.478 e. The van der Waals surface area contributed by atoms with Crippen LogP contribution in [0.3, 0.4) is 0 Å². The molecule has 3 rings (SSSR count). The zero-order valence-electron chi connectivity index (χ0n) is 25.7. The van der Waals surface area contributed by atoms with E-state index in [0.29, 0.717) is 10.5 Å². The summed E-state index contributed by atoms with van der Waals surface area (Å²) >= 11 is 0. The Morgan fingerprint density at radius 3 is 2.59 bits per heavy atom. The van der Waals surface area contributed by atoms with Crippen LogP contribution in [-0.4, -0.2) is 132 Å². The van der Waals surface area contributed by atoms with Crippen molar-refractivity contribution >= 4 is 17.9 Å². The molecule has 256 valence electrons. The molecular weight excluding hydrogens is 612 g/mol. The van der Waals surface area contributed by atoms with Crippen LogP contribution in [0.5, 0.6) is 0 Å². The predicted octanol–water partition coefficient (Wildman–Crippen LogP) is -3.80. The number of aliphatic hydroxyl groups is 5. The molecule has 17 nitrogen and oxygen atoms in total. The molecule has 0 aromatic rings. The first-order valence-corrected chi connectivity index (χ1v) is 14.4. The van der Waals surface area contributed by atoms with Crippen molar-refractivity contribution in [1.82, 2.24) is 5.32 Å². The molecule has 10 N–H and O–H groups in total. The van der Waals surface area contributed by atoms with Gasteiger partial charge in [0.25, 0.3) is 0 Å². The number of nitrogens with zero attached hydrogens (tertiary/aromatic N) is 1. The molecule has 0 radical (unpaired) electrons. The van der Waals surface area contributed by atoms with E-state index in [0.717, 1.165) is 6.26 Å². The number of carboxylic acid groups (broad SMARTS) is 1. The quantitative estimate of drug-likeness (QED) is 0.0303. The third kappa shape index (κ3) is 8.00. The summed E-state index contributed by atoms with van der Waals surface area (Å²) in [5.74, 6) is -6.65. The summed E-state index contributed by atoms with van der Waals surface area (Å²) < 4.78 is 27.7. The number of hydrogen-bond donors (Lipinski definition) is 9. The summed E-state index contributed by atoms with van der Waals surface area (Å²) in [6.07, 6.45) is -0.561. The predicted molar refractivity (Wildman–Crippen MR) is 158 cm³/mol. The van der Waals surface area contributed by atoms with Gasteiger partial charge in [0.2, 0.25) is 12.1 Å². The average Bonchev–Trinajstić information content (AvgIpc) is 3.03. The number of hydrogen-bond acceptors (Lipinski definition) is 13. The van der Waals surface area contributed by atoms with E-state index < -0.39 is 67.1 Å². The summed E-state index contributed by atoms with van der Waals surface area (Å²) in [6, 6.07) is 0. The molecule has 1 unspecified atom stereocenters. The number of guanidine groups is 1. The molecule has 1 fully saturated rings. The Balaban J connectivity index is 2.05. The highest BCUT2D eigenvalue weighted by molar-refractivity contribution is 5.92. The van der Waals surface area contributed by atoms with Crippen LogP contribution >= 0.6 is 0 Å². The fourth-order valence-electron chi connectivity index (χ4n) is 5.31. The van der Waals surface area contributed by atoms with Crippen LogP contribution in [0.4, 0.5) is 0 Å². The third-order valence-electron chi connectivity index (χ3n) is 7.69. The molecule has 0 aromatic heterocycles. The maximum Gasteiger partial charge on any atom is 0.339 e. The number of carboxylic acids is 1. The lowest BCUT2D eigenvalue weighted by atomic mass is 9.83. The number of nitrogens with one attached hydrogen (secondary N) is 2. The first-order valence-electron chi connectivity index (χ1n) is 14.4. The number of aliphatic imine (C=N–C) groups is 1. The molecule has 0 spiro atoms. The van der Waals surface area contributed by atoms with E-state index in [1.54, 1.807) is 25.3 Å². The Bertz CT molecular complexity index is 1280. The van der Waals surface area contributed by atoms with Gasteiger partial charge in [-0.25, -0.2) is 9.59 Å². The smallest absolute Gasteiger partial charge is 0.339 e. The first kappa shape index (κ1) is 36.8. The number of esters is 1. The molecule has 17 heteroatoms. The van der Waals surface area contributed by atoms with Gasteiger partial charge >= 0.3 is 11.9 Å². The number of carbonyl (C=O) groups is 2. The Hall–Kier alpha value is -3.65. The van der Waals surface area contributed by atoms with Gasteiger partial charge in [-0.15, -0.1) is 6.58 Å². The molecule has 0 aliphatic carbocycles. The zero-order chi connectivity index (χ0) is 34.2. The Morgan fingerprint density at radius 2 is 2.02 bits per heavy atom. The molecule has 0 saturated carbocycles. The standard InChI is InChI=1S/C29H42N4O13/c1-5-16-17(8-7-15-11-33(9-10-34)12-18(24(37)38)21(15)32-28(30)31-3)19(25(39)42-4)14-44-26(16)46-27-23(43-6-2)29(40,41)22(36)20(13-35)45-27/h5,7-8,11,14,16-17,20,22-23,26-27,34-36,40-41H,1,6,9-10,12-13H2,2-4H3,(H,37,38)(H3,30,31,32)/p+1/b8-7+/t16-,17+,20-,22-,23+,26+,27+/m1/s1. The zero-order valence-corrected chi connectivity index (χ0v) is 25.7. The van der Waals surface area contributed by atoms with Gasteiger partial charge in [-0.05, 0) is 6.92 Å². The first-order chi connectivity index (χ1) is 21.9. The van der Waals surface area contributed by atoms with E-state index in [-0.39, 0.29) is 49.1 Å². The normalized spacial score (nSPS) is 31.5. The van der Waals surface area contributed by atoms with Crippen molar-refractivity contribution in [2.75, 3.05) is 47.1 Å². The topological polar surface area (TPSA) is 257 Å². The maximum absolute atomic E-state index is 12.8. The Labute approximate surface area is 265 Å². The molecule has 1 saturated heterocycles. The molecule has 0 amide bonds. The van der Waals surface area contributed by atoms with E-state index in [2.05, 4.69) is 16.9 Å². The van der Waals surface area contributed by atoms with Crippen LogP contribution in [0, 0.1) is 11.8 Å². The SMILES string of the molecule is C=C[C@H]1[C@H](O[C@@H]2O[C@H](CO)[C@@H](O)C(O)(O)[C@H]2OCC)OC=C(C(=O)OC)[C@H]1/C=C/C1=C[NH+](CCO)CC(C(=O)O)=C1NC(N)=NC. The molecule has 3 heterocycles. The van der Waals surface area contributed by atoms with E-state index in [4.69, 9.17) is 29.4 Å². The lowest BCUT2D eigenvalue weighted by Crippen LogP contribution is -3.09. The second-order valence-corrected chi connectivity index (χ2v) is 10.5. The Kier molecular flexibility index (Phi) is 13.0. The number of rotatable bonds is 13. The summed E-state index contributed by atoms with van der Waals surface area (Å²) in [5, 5.41) is 63.7. The fraction of sp³-hybridized carbons (Fsp3) is 0.552. The van der Waals surface area contributed by atoms with E-state index in [1.807, 2.05) is 0 Å². The molecule has 0 bridgehead atoms.